The minimum atomic E-state index is 1.00. The maximum absolute atomic E-state index is 4.83. The van der Waals surface area contributed by atoms with Gasteiger partial charge in [0.05, 0.1) is 5.69 Å². The highest BCUT2D eigenvalue weighted by atomic mass is 14.7. The predicted molar refractivity (Wildman–Crippen MR) is 78.5 cm³/mol. The van der Waals surface area contributed by atoms with Crippen molar-refractivity contribution in [2.75, 3.05) is 0 Å². The summed E-state index contributed by atoms with van der Waals surface area (Å²) in [5, 5.41) is 0. The molecule has 92 valence electrons. The summed E-state index contributed by atoms with van der Waals surface area (Å²) in [4.78, 5) is 4.83. The summed E-state index contributed by atoms with van der Waals surface area (Å²) >= 11 is 0. The van der Waals surface area contributed by atoms with Crippen molar-refractivity contribution < 1.29 is 0 Å². The van der Waals surface area contributed by atoms with E-state index in [1.807, 2.05) is 12.1 Å². The molecule has 0 saturated carbocycles. The summed E-state index contributed by atoms with van der Waals surface area (Å²) in [7, 11) is 0. The van der Waals surface area contributed by atoms with Crippen molar-refractivity contribution in [1.29, 1.82) is 0 Å². The maximum atomic E-state index is 4.83. The third kappa shape index (κ3) is 2.51. The van der Waals surface area contributed by atoms with Gasteiger partial charge in [0.25, 0.3) is 0 Å². The Bertz CT molecular complexity index is 541. The normalized spacial score (nSPS) is 10.3. The van der Waals surface area contributed by atoms with E-state index in [1.165, 1.54) is 11.1 Å². The molecule has 1 heterocycles. The van der Waals surface area contributed by atoms with E-state index in [9.17, 15) is 0 Å². The largest absolute Gasteiger partial charge is 0.252 e. The standard InChI is InChI=1S/C17H19N/c1-4-9-16-14(5-2)12-13(3)17(18-16)15-10-7-6-8-11-15/h5-8,10-12H,2,4,9H2,1,3H3. The van der Waals surface area contributed by atoms with Crippen LogP contribution in [0.1, 0.15) is 30.2 Å². The fraction of sp³-hybridized carbons (Fsp3) is 0.235. The molecule has 0 fully saturated rings. The maximum Gasteiger partial charge on any atom is 0.0734 e. The fourth-order valence-electron chi connectivity index (χ4n) is 2.17. The van der Waals surface area contributed by atoms with Crippen LogP contribution in [0.25, 0.3) is 17.3 Å². The third-order valence-electron chi connectivity index (χ3n) is 3.08. The van der Waals surface area contributed by atoms with Gasteiger partial charge < -0.3 is 0 Å². The molecule has 1 heteroatoms. The third-order valence-corrected chi connectivity index (χ3v) is 3.08. The molecule has 1 aromatic carbocycles. The van der Waals surface area contributed by atoms with Crippen LogP contribution in [0, 0.1) is 6.92 Å². The highest BCUT2D eigenvalue weighted by Gasteiger charge is 2.08. The molecule has 0 radical (unpaired) electrons. The van der Waals surface area contributed by atoms with Crippen molar-refractivity contribution in [2.45, 2.75) is 26.7 Å². The van der Waals surface area contributed by atoms with E-state index in [0.29, 0.717) is 0 Å². The zero-order chi connectivity index (χ0) is 13.0. The number of aromatic nitrogens is 1. The molecular weight excluding hydrogens is 218 g/mol. The molecule has 0 bridgehead atoms. The first-order chi connectivity index (χ1) is 8.76. The van der Waals surface area contributed by atoms with Crippen LogP contribution in [0.5, 0.6) is 0 Å². The van der Waals surface area contributed by atoms with Gasteiger partial charge in [0.15, 0.2) is 0 Å². The molecule has 1 aromatic heterocycles. The van der Waals surface area contributed by atoms with E-state index < -0.39 is 0 Å². The number of hydrogen-bond donors (Lipinski definition) is 0. The number of hydrogen-bond acceptors (Lipinski definition) is 1. The summed E-state index contributed by atoms with van der Waals surface area (Å²) in [6.07, 6.45) is 4.01. The van der Waals surface area contributed by atoms with Crippen LogP contribution >= 0.6 is 0 Å². The van der Waals surface area contributed by atoms with Crippen LogP contribution in [-0.4, -0.2) is 4.98 Å². The van der Waals surface area contributed by atoms with E-state index in [-0.39, 0.29) is 0 Å². The van der Waals surface area contributed by atoms with Crippen molar-refractivity contribution in [3.8, 4) is 11.3 Å². The van der Waals surface area contributed by atoms with Gasteiger partial charge in [-0.05, 0) is 30.5 Å². The molecule has 0 saturated heterocycles. The smallest absolute Gasteiger partial charge is 0.0734 e. The zero-order valence-electron chi connectivity index (χ0n) is 11.1. The molecule has 0 aliphatic heterocycles. The molecule has 18 heavy (non-hydrogen) atoms. The Labute approximate surface area is 109 Å². The SMILES string of the molecule is C=Cc1cc(C)c(-c2ccccc2)nc1CCC. The van der Waals surface area contributed by atoms with Gasteiger partial charge >= 0.3 is 0 Å². The Morgan fingerprint density at radius 1 is 1.22 bits per heavy atom. The molecule has 0 spiro atoms. The van der Waals surface area contributed by atoms with Gasteiger partial charge in [-0.1, -0.05) is 56.3 Å². The lowest BCUT2D eigenvalue weighted by molar-refractivity contribution is 0.879. The van der Waals surface area contributed by atoms with Crippen LogP contribution in [0.2, 0.25) is 0 Å². The first-order valence-corrected chi connectivity index (χ1v) is 6.44. The second-order valence-corrected chi connectivity index (χ2v) is 4.51. The minimum Gasteiger partial charge on any atom is -0.252 e. The lowest BCUT2D eigenvalue weighted by Gasteiger charge is -2.11. The highest BCUT2D eigenvalue weighted by Crippen LogP contribution is 2.24. The van der Waals surface area contributed by atoms with E-state index >= 15 is 0 Å². The number of aryl methyl sites for hydroxylation is 2. The molecule has 0 aliphatic carbocycles. The Kier molecular flexibility index (Phi) is 3.93. The van der Waals surface area contributed by atoms with Crippen LogP contribution in [0.15, 0.2) is 43.0 Å². The van der Waals surface area contributed by atoms with Gasteiger partial charge in [-0.3, -0.25) is 4.98 Å². The average Bonchev–Trinajstić information content (AvgIpc) is 2.41. The molecule has 0 unspecified atom stereocenters. The average molecular weight is 237 g/mol. The quantitative estimate of drug-likeness (QED) is 0.754. The molecule has 0 atom stereocenters. The summed E-state index contributed by atoms with van der Waals surface area (Å²) in [5.74, 6) is 0. The number of rotatable bonds is 4. The molecule has 0 N–H and O–H groups in total. The Morgan fingerprint density at radius 3 is 2.56 bits per heavy atom. The molecule has 0 aliphatic rings. The topological polar surface area (TPSA) is 12.9 Å². The van der Waals surface area contributed by atoms with Crippen molar-refractivity contribution >= 4 is 6.08 Å². The molecule has 1 nitrogen and oxygen atoms in total. The number of pyridine rings is 1. The summed E-state index contributed by atoms with van der Waals surface area (Å²) < 4.78 is 0. The van der Waals surface area contributed by atoms with Gasteiger partial charge in [-0.25, -0.2) is 0 Å². The first-order valence-electron chi connectivity index (χ1n) is 6.44. The summed E-state index contributed by atoms with van der Waals surface area (Å²) in [5.41, 5.74) is 5.79. The number of benzene rings is 1. The van der Waals surface area contributed by atoms with E-state index in [2.05, 4.69) is 50.8 Å². The lowest BCUT2D eigenvalue weighted by Crippen LogP contribution is -1.98. The molecule has 2 rings (SSSR count). The van der Waals surface area contributed by atoms with Crippen molar-refractivity contribution in [3.63, 3.8) is 0 Å². The Morgan fingerprint density at radius 2 is 1.94 bits per heavy atom. The van der Waals surface area contributed by atoms with Crippen LogP contribution in [0.3, 0.4) is 0 Å². The zero-order valence-corrected chi connectivity index (χ0v) is 11.1. The number of nitrogens with zero attached hydrogens (tertiary/aromatic N) is 1. The second-order valence-electron chi connectivity index (χ2n) is 4.51. The summed E-state index contributed by atoms with van der Waals surface area (Å²) in [6, 6.07) is 12.5. The second kappa shape index (κ2) is 5.63. The first kappa shape index (κ1) is 12.6. The van der Waals surface area contributed by atoms with Crippen molar-refractivity contribution in [3.05, 3.63) is 59.8 Å². The van der Waals surface area contributed by atoms with Crippen LogP contribution in [-0.2, 0) is 6.42 Å². The van der Waals surface area contributed by atoms with Gasteiger partial charge in [0.2, 0.25) is 0 Å². The van der Waals surface area contributed by atoms with Crippen LogP contribution in [0.4, 0.5) is 0 Å². The summed E-state index contributed by atoms with van der Waals surface area (Å²) in [6.45, 7) is 8.16. The van der Waals surface area contributed by atoms with E-state index in [0.717, 1.165) is 29.8 Å². The van der Waals surface area contributed by atoms with Crippen molar-refractivity contribution in [2.24, 2.45) is 0 Å². The lowest BCUT2D eigenvalue weighted by atomic mass is 10.0. The van der Waals surface area contributed by atoms with Gasteiger partial charge in [0, 0.05) is 11.3 Å². The predicted octanol–water partition coefficient (Wildman–Crippen LogP) is 4.65. The Hall–Kier alpha value is -1.89. The van der Waals surface area contributed by atoms with Crippen LogP contribution < -0.4 is 0 Å². The molecule has 2 aromatic rings. The fourth-order valence-corrected chi connectivity index (χ4v) is 2.17. The van der Waals surface area contributed by atoms with Gasteiger partial charge in [-0.15, -0.1) is 0 Å². The van der Waals surface area contributed by atoms with Gasteiger partial charge in [0.1, 0.15) is 0 Å². The minimum absolute atomic E-state index is 1.00. The highest BCUT2D eigenvalue weighted by molar-refractivity contribution is 5.66. The van der Waals surface area contributed by atoms with E-state index in [1.54, 1.807) is 0 Å². The Balaban J connectivity index is 2.55. The van der Waals surface area contributed by atoms with Crippen molar-refractivity contribution in [1.82, 2.24) is 4.98 Å². The van der Waals surface area contributed by atoms with E-state index in [4.69, 9.17) is 4.98 Å². The molecular formula is C17H19N. The molecule has 0 amide bonds. The van der Waals surface area contributed by atoms with Gasteiger partial charge in [-0.2, -0.15) is 0 Å². The monoisotopic (exact) mass is 237 g/mol.